The molecular weight excluding hydrogens is 192 g/mol. The fourth-order valence-corrected chi connectivity index (χ4v) is 2.70. The van der Waals surface area contributed by atoms with Gasteiger partial charge in [0.2, 0.25) is 0 Å². The van der Waals surface area contributed by atoms with E-state index >= 15 is 0 Å². The highest BCUT2D eigenvalue weighted by Gasteiger charge is 2.26. The van der Waals surface area contributed by atoms with Crippen molar-refractivity contribution in [3.63, 3.8) is 0 Å². The van der Waals surface area contributed by atoms with E-state index in [1.807, 2.05) is 18.4 Å². The number of hydrogen-bond acceptors (Lipinski definition) is 3. The Kier molecular flexibility index (Phi) is 2.62. The van der Waals surface area contributed by atoms with Crippen molar-refractivity contribution in [2.45, 2.75) is 44.6 Å². The van der Waals surface area contributed by atoms with Crippen LogP contribution >= 0.6 is 11.3 Å². The van der Waals surface area contributed by atoms with E-state index in [4.69, 9.17) is 4.98 Å². The van der Waals surface area contributed by atoms with E-state index in [2.05, 4.69) is 24.5 Å². The fourth-order valence-electron chi connectivity index (χ4n) is 1.55. The van der Waals surface area contributed by atoms with Gasteiger partial charge in [0, 0.05) is 11.3 Å². The second-order valence-corrected chi connectivity index (χ2v) is 5.46. The molecule has 1 aromatic heterocycles. The lowest BCUT2D eigenvalue weighted by atomic mass is 9.86. The summed E-state index contributed by atoms with van der Waals surface area (Å²) >= 11 is 1.82. The van der Waals surface area contributed by atoms with Gasteiger partial charge in [-0.05, 0) is 33.7 Å². The third-order valence-electron chi connectivity index (χ3n) is 3.24. The standard InChI is InChI=1S/C11H18N2S/c1-11(2,12-3)9-7-14-10(13-9)8-5-4-6-8/h7-8,12H,4-6H2,1-3H3. The Morgan fingerprint density at radius 2 is 2.21 bits per heavy atom. The molecule has 1 saturated carbocycles. The Morgan fingerprint density at radius 3 is 2.71 bits per heavy atom. The number of aromatic nitrogens is 1. The van der Waals surface area contributed by atoms with Gasteiger partial charge in [-0.15, -0.1) is 11.3 Å². The number of nitrogens with zero attached hydrogens (tertiary/aromatic N) is 1. The van der Waals surface area contributed by atoms with Gasteiger partial charge in [0.1, 0.15) is 0 Å². The van der Waals surface area contributed by atoms with Crippen LogP contribution in [0.1, 0.15) is 49.7 Å². The first kappa shape index (κ1) is 10.1. The molecule has 0 bridgehead atoms. The van der Waals surface area contributed by atoms with Crippen molar-refractivity contribution in [1.29, 1.82) is 0 Å². The smallest absolute Gasteiger partial charge is 0.0960 e. The van der Waals surface area contributed by atoms with Gasteiger partial charge in [0.05, 0.1) is 16.2 Å². The number of rotatable bonds is 3. The maximum Gasteiger partial charge on any atom is 0.0960 e. The lowest BCUT2D eigenvalue weighted by Crippen LogP contribution is -2.33. The molecule has 14 heavy (non-hydrogen) atoms. The van der Waals surface area contributed by atoms with Crippen molar-refractivity contribution in [1.82, 2.24) is 10.3 Å². The van der Waals surface area contributed by atoms with Gasteiger partial charge in [-0.2, -0.15) is 0 Å². The molecule has 0 saturated heterocycles. The highest BCUT2D eigenvalue weighted by atomic mass is 32.1. The van der Waals surface area contributed by atoms with Crippen LogP contribution in [-0.4, -0.2) is 12.0 Å². The summed E-state index contributed by atoms with van der Waals surface area (Å²) in [5.74, 6) is 0.765. The van der Waals surface area contributed by atoms with Crippen LogP contribution in [0.5, 0.6) is 0 Å². The fraction of sp³-hybridized carbons (Fsp3) is 0.727. The lowest BCUT2D eigenvalue weighted by molar-refractivity contribution is 0.406. The number of hydrogen-bond donors (Lipinski definition) is 1. The van der Waals surface area contributed by atoms with Gasteiger partial charge in [-0.3, -0.25) is 0 Å². The second-order valence-electron chi connectivity index (χ2n) is 4.57. The summed E-state index contributed by atoms with van der Waals surface area (Å²) in [6.07, 6.45) is 4.06. The monoisotopic (exact) mass is 210 g/mol. The van der Waals surface area contributed by atoms with Gasteiger partial charge in [0.15, 0.2) is 0 Å². The summed E-state index contributed by atoms with van der Waals surface area (Å²) in [6, 6.07) is 0. The summed E-state index contributed by atoms with van der Waals surface area (Å²) in [4.78, 5) is 4.73. The van der Waals surface area contributed by atoms with Gasteiger partial charge < -0.3 is 5.32 Å². The normalized spacial score (nSPS) is 18.2. The minimum atomic E-state index is 0.0124. The topological polar surface area (TPSA) is 24.9 Å². The first-order valence-electron chi connectivity index (χ1n) is 5.28. The molecule has 2 nitrogen and oxygen atoms in total. The molecule has 1 fully saturated rings. The van der Waals surface area contributed by atoms with Crippen molar-refractivity contribution in [2.24, 2.45) is 0 Å². The summed E-state index contributed by atoms with van der Waals surface area (Å²) in [6.45, 7) is 4.35. The molecule has 1 aromatic rings. The van der Waals surface area contributed by atoms with Gasteiger partial charge >= 0.3 is 0 Å². The number of thiazole rings is 1. The van der Waals surface area contributed by atoms with Crippen LogP contribution < -0.4 is 5.32 Å². The van der Waals surface area contributed by atoms with Crippen LogP contribution in [0.2, 0.25) is 0 Å². The first-order valence-corrected chi connectivity index (χ1v) is 6.16. The molecule has 0 unspecified atom stereocenters. The minimum Gasteiger partial charge on any atom is -0.310 e. The third kappa shape index (κ3) is 1.71. The first-order chi connectivity index (χ1) is 6.63. The molecule has 0 aromatic carbocycles. The molecule has 1 aliphatic carbocycles. The Hall–Kier alpha value is -0.410. The largest absolute Gasteiger partial charge is 0.310 e. The molecular formula is C11H18N2S. The molecule has 0 radical (unpaired) electrons. The van der Waals surface area contributed by atoms with Crippen LogP contribution in [0, 0.1) is 0 Å². The molecule has 2 rings (SSSR count). The van der Waals surface area contributed by atoms with Crippen molar-refractivity contribution < 1.29 is 0 Å². The minimum absolute atomic E-state index is 0.0124. The summed E-state index contributed by atoms with van der Waals surface area (Å²) in [7, 11) is 1.99. The van der Waals surface area contributed by atoms with E-state index in [0.717, 1.165) is 5.92 Å². The van der Waals surface area contributed by atoms with E-state index in [-0.39, 0.29) is 5.54 Å². The van der Waals surface area contributed by atoms with Crippen LogP contribution in [-0.2, 0) is 5.54 Å². The van der Waals surface area contributed by atoms with Gasteiger partial charge in [-0.1, -0.05) is 6.42 Å². The molecule has 0 aliphatic heterocycles. The molecule has 1 aliphatic rings. The Balaban J connectivity index is 2.16. The van der Waals surface area contributed by atoms with E-state index in [1.54, 1.807) is 0 Å². The maximum atomic E-state index is 4.73. The molecule has 3 heteroatoms. The van der Waals surface area contributed by atoms with Crippen molar-refractivity contribution >= 4 is 11.3 Å². The predicted octanol–water partition coefficient (Wildman–Crippen LogP) is 2.87. The molecule has 0 amide bonds. The van der Waals surface area contributed by atoms with E-state index in [0.29, 0.717) is 0 Å². The Morgan fingerprint density at radius 1 is 1.50 bits per heavy atom. The molecule has 0 spiro atoms. The highest BCUT2D eigenvalue weighted by molar-refractivity contribution is 7.09. The van der Waals surface area contributed by atoms with Crippen LogP contribution in [0.3, 0.4) is 0 Å². The average molecular weight is 210 g/mol. The third-order valence-corrected chi connectivity index (χ3v) is 4.25. The lowest BCUT2D eigenvalue weighted by Gasteiger charge is -2.24. The van der Waals surface area contributed by atoms with E-state index in [1.165, 1.54) is 30.0 Å². The van der Waals surface area contributed by atoms with Crippen molar-refractivity contribution in [3.8, 4) is 0 Å². The quantitative estimate of drug-likeness (QED) is 0.830. The van der Waals surface area contributed by atoms with E-state index < -0.39 is 0 Å². The van der Waals surface area contributed by atoms with Gasteiger partial charge in [-0.25, -0.2) is 4.98 Å². The Bertz CT molecular complexity index is 313. The molecule has 78 valence electrons. The van der Waals surface area contributed by atoms with Crippen LogP contribution in [0.15, 0.2) is 5.38 Å². The summed E-state index contributed by atoms with van der Waals surface area (Å²) in [5.41, 5.74) is 1.20. The SMILES string of the molecule is CNC(C)(C)c1csc(C2CCC2)n1. The predicted molar refractivity (Wildman–Crippen MR) is 60.8 cm³/mol. The zero-order chi connectivity index (χ0) is 10.2. The molecule has 0 atom stereocenters. The zero-order valence-electron chi connectivity index (χ0n) is 9.13. The summed E-state index contributed by atoms with van der Waals surface area (Å²) in [5, 5.41) is 6.83. The van der Waals surface area contributed by atoms with E-state index in [9.17, 15) is 0 Å². The zero-order valence-corrected chi connectivity index (χ0v) is 9.95. The molecule has 1 N–H and O–H groups in total. The number of nitrogens with one attached hydrogen (secondary N) is 1. The van der Waals surface area contributed by atoms with Gasteiger partial charge in [0.25, 0.3) is 0 Å². The van der Waals surface area contributed by atoms with Crippen LogP contribution in [0.25, 0.3) is 0 Å². The maximum absolute atomic E-state index is 4.73. The second kappa shape index (κ2) is 3.63. The summed E-state index contributed by atoms with van der Waals surface area (Å²) < 4.78 is 0. The molecule has 1 heterocycles. The average Bonchev–Trinajstić information content (AvgIpc) is 2.51. The Labute approximate surface area is 89.8 Å². The van der Waals surface area contributed by atoms with Crippen molar-refractivity contribution in [2.75, 3.05) is 7.05 Å². The van der Waals surface area contributed by atoms with Crippen molar-refractivity contribution in [3.05, 3.63) is 16.1 Å². The highest BCUT2D eigenvalue weighted by Crippen LogP contribution is 2.38. The van der Waals surface area contributed by atoms with Crippen LogP contribution in [0.4, 0.5) is 0 Å².